The Morgan fingerprint density at radius 1 is 0.880 bits per heavy atom. The maximum absolute atomic E-state index is 5.54. The fraction of sp³-hybridized carbons (Fsp3) is 0.364. The molecule has 0 aliphatic rings. The minimum atomic E-state index is 0.621. The largest absolute Gasteiger partial charge is 0.399 e. The molecule has 0 heterocycles. The lowest BCUT2D eigenvalue weighted by atomic mass is 10.2. The Kier molecular flexibility index (Phi) is 15.3. The smallest absolute Gasteiger partial charge is 0.0506 e. The molecule has 0 saturated heterocycles. The van der Waals surface area contributed by atoms with Gasteiger partial charge < -0.3 is 16.2 Å². The summed E-state index contributed by atoms with van der Waals surface area (Å²) in [5.74, 6) is 0. The summed E-state index contributed by atoms with van der Waals surface area (Å²) in [4.78, 5) is 0. The molecule has 0 radical (unpaired) electrons. The zero-order valence-corrected chi connectivity index (χ0v) is 15.8. The van der Waals surface area contributed by atoms with Crippen LogP contribution in [0, 0.1) is 0 Å². The minimum absolute atomic E-state index is 0.621. The van der Waals surface area contributed by atoms with Gasteiger partial charge in [-0.05, 0) is 31.0 Å². The third-order valence-electron chi connectivity index (χ3n) is 3.41. The quantitative estimate of drug-likeness (QED) is 0.688. The Balaban J connectivity index is 0.000000451. The monoisotopic (exact) mass is 342 g/mol. The fourth-order valence-electron chi connectivity index (χ4n) is 2.04. The molecule has 138 valence electrons. The van der Waals surface area contributed by atoms with E-state index in [1.54, 1.807) is 0 Å². The van der Waals surface area contributed by atoms with Gasteiger partial charge >= 0.3 is 0 Å². The van der Waals surface area contributed by atoms with Crippen LogP contribution in [0.15, 0.2) is 67.2 Å². The molecule has 0 spiro atoms. The molecule has 0 aliphatic carbocycles. The van der Waals surface area contributed by atoms with Crippen LogP contribution in [0.2, 0.25) is 0 Å². The Bertz CT molecular complexity index is 526. The molecule has 0 atom stereocenters. The fourth-order valence-corrected chi connectivity index (χ4v) is 2.04. The average molecular weight is 343 g/mol. The molecule has 25 heavy (non-hydrogen) atoms. The predicted octanol–water partition coefficient (Wildman–Crippen LogP) is 4.63. The van der Waals surface area contributed by atoms with Crippen molar-refractivity contribution in [3.05, 3.63) is 78.4 Å². The molecule has 0 aromatic heterocycles. The molecular weight excluding hydrogens is 308 g/mol. The summed E-state index contributed by atoms with van der Waals surface area (Å²) in [6.07, 6.45) is 4.78. The van der Waals surface area contributed by atoms with Gasteiger partial charge in [0.05, 0.1) is 6.61 Å². The molecule has 3 heteroatoms. The van der Waals surface area contributed by atoms with E-state index in [2.05, 4.69) is 43.5 Å². The average Bonchev–Trinajstić information content (AvgIpc) is 2.68. The molecule has 4 N–H and O–H groups in total. The van der Waals surface area contributed by atoms with E-state index in [1.807, 2.05) is 36.4 Å². The van der Waals surface area contributed by atoms with Gasteiger partial charge in [-0.25, -0.2) is 0 Å². The number of ether oxygens (including phenoxy) is 1. The summed E-state index contributed by atoms with van der Waals surface area (Å²) in [6.45, 7) is 7.59. The van der Waals surface area contributed by atoms with Gasteiger partial charge in [-0.15, -0.1) is 0 Å². The van der Waals surface area contributed by atoms with Crippen molar-refractivity contribution < 1.29 is 4.74 Å². The SMILES string of the molecule is C=C(N)c1ccccc1.CCCCCOCCc1ccccc1.CN. The number of nitrogens with two attached hydrogens (primary N) is 2. The third kappa shape index (κ3) is 12.9. The van der Waals surface area contributed by atoms with Crippen LogP contribution in [-0.4, -0.2) is 20.3 Å². The summed E-state index contributed by atoms with van der Waals surface area (Å²) < 4.78 is 5.54. The second-order valence-electron chi connectivity index (χ2n) is 5.45. The summed E-state index contributed by atoms with van der Waals surface area (Å²) in [5.41, 5.74) is 12.9. The van der Waals surface area contributed by atoms with E-state index in [9.17, 15) is 0 Å². The van der Waals surface area contributed by atoms with Crippen molar-refractivity contribution in [1.29, 1.82) is 0 Å². The first-order valence-corrected chi connectivity index (χ1v) is 8.93. The van der Waals surface area contributed by atoms with Crippen molar-refractivity contribution in [3.63, 3.8) is 0 Å². The summed E-state index contributed by atoms with van der Waals surface area (Å²) in [7, 11) is 1.50. The molecule has 2 aromatic carbocycles. The van der Waals surface area contributed by atoms with Crippen LogP contribution >= 0.6 is 0 Å². The molecule has 3 nitrogen and oxygen atoms in total. The maximum atomic E-state index is 5.54. The normalized spacial score (nSPS) is 9.24. The molecule has 0 unspecified atom stereocenters. The standard InChI is InChI=1S/C13H20O.C8H9N.CH5N/c1-2-3-7-11-14-12-10-13-8-5-4-6-9-13;1-7(9)8-5-3-2-4-6-8;1-2/h4-6,8-9H,2-3,7,10-12H2,1H3;2-6H,1,9H2;2H2,1H3. The maximum Gasteiger partial charge on any atom is 0.0506 e. The number of hydrogen-bond donors (Lipinski definition) is 2. The van der Waals surface area contributed by atoms with Crippen molar-refractivity contribution in [1.82, 2.24) is 0 Å². The van der Waals surface area contributed by atoms with Crippen molar-refractivity contribution in [2.45, 2.75) is 32.6 Å². The number of rotatable bonds is 8. The Morgan fingerprint density at radius 3 is 1.92 bits per heavy atom. The first-order valence-electron chi connectivity index (χ1n) is 8.93. The lowest BCUT2D eigenvalue weighted by molar-refractivity contribution is 0.133. The van der Waals surface area contributed by atoms with Crippen molar-refractivity contribution >= 4 is 5.70 Å². The summed E-state index contributed by atoms with van der Waals surface area (Å²) >= 11 is 0. The van der Waals surface area contributed by atoms with E-state index >= 15 is 0 Å². The van der Waals surface area contributed by atoms with Crippen molar-refractivity contribution in [2.75, 3.05) is 20.3 Å². The second-order valence-corrected chi connectivity index (χ2v) is 5.45. The van der Waals surface area contributed by atoms with E-state index in [0.29, 0.717) is 5.70 Å². The summed E-state index contributed by atoms with van der Waals surface area (Å²) in [5, 5.41) is 0. The van der Waals surface area contributed by atoms with Crippen LogP contribution in [0.1, 0.15) is 37.3 Å². The van der Waals surface area contributed by atoms with Gasteiger partial charge in [0.25, 0.3) is 0 Å². The Morgan fingerprint density at radius 2 is 1.44 bits per heavy atom. The van der Waals surface area contributed by atoms with Crippen molar-refractivity contribution in [3.8, 4) is 0 Å². The van der Waals surface area contributed by atoms with E-state index in [4.69, 9.17) is 10.5 Å². The highest BCUT2D eigenvalue weighted by Gasteiger charge is 1.92. The molecule has 0 saturated carbocycles. The number of hydrogen-bond acceptors (Lipinski definition) is 3. The Labute approximate surface area is 153 Å². The van der Waals surface area contributed by atoms with Crippen molar-refractivity contribution in [2.24, 2.45) is 11.5 Å². The van der Waals surface area contributed by atoms with Gasteiger partial charge in [-0.1, -0.05) is 87.0 Å². The molecule has 0 fully saturated rings. The van der Waals surface area contributed by atoms with Crippen LogP contribution < -0.4 is 11.5 Å². The van der Waals surface area contributed by atoms with Gasteiger partial charge in [0.15, 0.2) is 0 Å². The molecule has 0 bridgehead atoms. The zero-order chi connectivity index (χ0) is 18.8. The van der Waals surface area contributed by atoms with Gasteiger partial charge in [0.1, 0.15) is 0 Å². The number of benzene rings is 2. The summed E-state index contributed by atoms with van der Waals surface area (Å²) in [6, 6.07) is 20.2. The molecule has 2 rings (SSSR count). The van der Waals surface area contributed by atoms with Gasteiger partial charge in [-0.3, -0.25) is 0 Å². The lowest BCUT2D eigenvalue weighted by Gasteiger charge is -2.03. The highest BCUT2D eigenvalue weighted by Crippen LogP contribution is 2.03. The molecule has 2 aromatic rings. The lowest BCUT2D eigenvalue weighted by Crippen LogP contribution is -2.00. The zero-order valence-electron chi connectivity index (χ0n) is 15.8. The second kappa shape index (κ2) is 16.7. The topological polar surface area (TPSA) is 61.3 Å². The van der Waals surface area contributed by atoms with Crippen LogP contribution in [0.5, 0.6) is 0 Å². The van der Waals surface area contributed by atoms with Gasteiger partial charge in [-0.2, -0.15) is 0 Å². The van der Waals surface area contributed by atoms with E-state index in [0.717, 1.165) is 25.2 Å². The van der Waals surface area contributed by atoms with E-state index < -0.39 is 0 Å². The number of unbranched alkanes of at least 4 members (excludes halogenated alkanes) is 2. The van der Waals surface area contributed by atoms with E-state index in [-0.39, 0.29) is 0 Å². The van der Waals surface area contributed by atoms with Gasteiger partial charge in [0.2, 0.25) is 0 Å². The molecule has 0 aliphatic heterocycles. The highest BCUT2D eigenvalue weighted by atomic mass is 16.5. The first-order chi connectivity index (χ1) is 12.2. The molecular formula is C22H34N2O. The molecule has 0 amide bonds. The van der Waals surface area contributed by atoms with Crippen LogP contribution in [0.25, 0.3) is 5.70 Å². The van der Waals surface area contributed by atoms with Crippen LogP contribution in [0.4, 0.5) is 0 Å². The highest BCUT2D eigenvalue weighted by molar-refractivity contribution is 5.59. The first kappa shape index (κ1) is 22.9. The minimum Gasteiger partial charge on any atom is -0.399 e. The van der Waals surface area contributed by atoms with Crippen LogP contribution in [0.3, 0.4) is 0 Å². The van der Waals surface area contributed by atoms with Crippen LogP contribution in [-0.2, 0) is 11.2 Å². The Hall–Kier alpha value is -2.10. The van der Waals surface area contributed by atoms with E-state index in [1.165, 1.54) is 31.9 Å². The van der Waals surface area contributed by atoms with Gasteiger partial charge in [0, 0.05) is 12.3 Å². The third-order valence-corrected chi connectivity index (χ3v) is 3.41. The predicted molar refractivity (Wildman–Crippen MR) is 110 cm³/mol.